The Bertz CT molecular complexity index is 332. The molecule has 2 unspecified atom stereocenters. The molecule has 0 saturated heterocycles. The van der Waals surface area contributed by atoms with E-state index < -0.39 is 0 Å². The lowest BCUT2D eigenvalue weighted by Crippen LogP contribution is -2.20. The third kappa shape index (κ3) is 6.74. The van der Waals surface area contributed by atoms with Crippen LogP contribution in [-0.2, 0) is 6.42 Å². The molecule has 0 fully saturated rings. The van der Waals surface area contributed by atoms with Gasteiger partial charge in [0.25, 0.3) is 0 Å². The van der Waals surface area contributed by atoms with Gasteiger partial charge in [-0.15, -0.1) is 0 Å². The molecule has 0 heterocycles. The standard InChI is InChI=1S/C17H29NO/c1-4-5-8-16-9-11-17(12-10-16)15(3)18-13-6-7-14(2)19/h9-12,14-15,18-19H,4-8,13H2,1-3H3. The average Bonchev–Trinajstić information content (AvgIpc) is 2.41. The van der Waals surface area contributed by atoms with Crippen molar-refractivity contribution >= 4 is 0 Å². The summed E-state index contributed by atoms with van der Waals surface area (Å²) in [6.45, 7) is 7.24. The predicted octanol–water partition coefficient (Wildman–Crippen LogP) is 3.84. The molecule has 1 aromatic carbocycles. The van der Waals surface area contributed by atoms with Crippen molar-refractivity contribution in [2.45, 2.75) is 65.0 Å². The molecule has 19 heavy (non-hydrogen) atoms. The summed E-state index contributed by atoms with van der Waals surface area (Å²) in [7, 11) is 0. The van der Waals surface area contributed by atoms with Gasteiger partial charge in [-0.25, -0.2) is 0 Å². The smallest absolute Gasteiger partial charge is 0.0512 e. The van der Waals surface area contributed by atoms with Crippen LogP contribution in [0.15, 0.2) is 24.3 Å². The molecular formula is C17H29NO. The highest BCUT2D eigenvalue weighted by Crippen LogP contribution is 2.14. The summed E-state index contributed by atoms with van der Waals surface area (Å²) in [4.78, 5) is 0. The van der Waals surface area contributed by atoms with Gasteiger partial charge in [-0.3, -0.25) is 0 Å². The quantitative estimate of drug-likeness (QED) is 0.663. The Hall–Kier alpha value is -0.860. The molecule has 0 aliphatic heterocycles. The van der Waals surface area contributed by atoms with E-state index in [0.717, 1.165) is 19.4 Å². The molecule has 0 aromatic heterocycles. The van der Waals surface area contributed by atoms with Crippen molar-refractivity contribution in [3.05, 3.63) is 35.4 Å². The summed E-state index contributed by atoms with van der Waals surface area (Å²) < 4.78 is 0. The van der Waals surface area contributed by atoms with E-state index in [2.05, 4.69) is 43.4 Å². The Labute approximate surface area is 118 Å². The van der Waals surface area contributed by atoms with E-state index >= 15 is 0 Å². The first-order valence-electron chi connectivity index (χ1n) is 7.63. The maximum absolute atomic E-state index is 9.21. The molecule has 0 aliphatic carbocycles. The van der Waals surface area contributed by atoms with Crippen LogP contribution in [0.3, 0.4) is 0 Å². The van der Waals surface area contributed by atoms with Gasteiger partial charge in [0, 0.05) is 6.04 Å². The number of rotatable bonds is 9. The highest BCUT2D eigenvalue weighted by atomic mass is 16.3. The number of aliphatic hydroxyl groups excluding tert-OH is 1. The van der Waals surface area contributed by atoms with Crippen LogP contribution >= 0.6 is 0 Å². The van der Waals surface area contributed by atoms with E-state index in [4.69, 9.17) is 0 Å². The van der Waals surface area contributed by atoms with Crippen LogP contribution in [0, 0.1) is 0 Å². The zero-order valence-corrected chi connectivity index (χ0v) is 12.7. The first kappa shape index (κ1) is 16.2. The molecule has 2 N–H and O–H groups in total. The Morgan fingerprint density at radius 3 is 2.37 bits per heavy atom. The van der Waals surface area contributed by atoms with Crippen molar-refractivity contribution in [2.24, 2.45) is 0 Å². The molecule has 0 radical (unpaired) electrons. The molecule has 1 aromatic rings. The summed E-state index contributed by atoms with van der Waals surface area (Å²) in [5.74, 6) is 0. The molecule has 108 valence electrons. The van der Waals surface area contributed by atoms with Crippen LogP contribution in [0.5, 0.6) is 0 Å². The first-order chi connectivity index (χ1) is 9.13. The minimum Gasteiger partial charge on any atom is -0.393 e. The highest BCUT2D eigenvalue weighted by molar-refractivity contribution is 5.24. The fraction of sp³-hybridized carbons (Fsp3) is 0.647. The molecule has 0 aliphatic rings. The maximum Gasteiger partial charge on any atom is 0.0512 e. The number of unbranched alkanes of at least 4 members (excludes halogenated alkanes) is 1. The number of hydrogen-bond donors (Lipinski definition) is 2. The van der Waals surface area contributed by atoms with E-state index in [1.54, 1.807) is 0 Å². The normalized spacial score (nSPS) is 14.3. The largest absolute Gasteiger partial charge is 0.393 e. The summed E-state index contributed by atoms with van der Waals surface area (Å²) in [6, 6.07) is 9.35. The van der Waals surface area contributed by atoms with E-state index in [-0.39, 0.29) is 6.10 Å². The molecule has 0 bridgehead atoms. The molecule has 0 saturated carbocycles. The fourth-order valence-electron chi connectivity index (χ4n) is 2.19. The molecule has 2 nitrogen and oxygen atoms in total. The topological polar surface area (TPSA) is 32.3 Å². The first-order valence-corrected chi connectivity index (χ1v) is 7.63. The number of benzene rings is 1. The zero-order valence-electron chi connectivity index (χ0n) is 12.7. The number of aryl methyl sites for hydroxylation is 1. The fourth-order valence-corrected chi connectivity index (χ4v) is 2.19. The molecular weight excluding hydrogens is 234 g/mol. The lowest BCUT2D eigenvalue weighted by atomic mass is 10.0. The minimum absolute atomic E-state index is 0.185. The molecule has 0 amide bonds. The zero-order chi connectivity index (χ0) is 14.1. The van der Waals surface area contributed by atoms with E-state index in [1.807, 2.05) is 6.92 Å². The molecule has 0 spiro atoms. The van der Waals surface area contributed by atoms with Crippen LogP contribution in [0.4, 0.5) is 0 Å². The summed E-state index contributed by atoms with van der Waals surface area (Å²) in [5.41, 5.74) is 2.78. The van der Waals surface area contributed by atoms with Crippen molar-refractivity contribution in [1.82, 2.24) is 5.32 Å². The minimum atomic E-state index is -0.185. The Morgan fingerprint density at radius 2 is 1.79 bits per heavy atom. The van der Waals surface area contributed by atoms with Gasteiger partial charge in [0.2, 0.25) is 0 Å². The molecule has 1 rings (SSSR count). The van der Waals surface area contributed by atoms with Gasteiger partial charge in [0.05, 0.1) is 6.10 Å². The van der Waals surface area contributed by atoms with E-state index in [1.165, 1.54) is 30.4 Å². The second-order valence-electron chi connectivity index (χ2n) is 5.51. The Morgan fingerprint density at radius 1 is 1.11 bits per heavy atom. The van der Waals surface area contributed by atoms with Gasteiger partial charge in [0.1, 0.15) is 0 Å². The van der Waals surface area contributed by atoms with Crippen LogP contribution in [0.2, 0.25) is 0 Å². The SMILES string of the molecule is CCCCc1ccc(C(C)NCCCC(C)O)cc1. The molecule has 2 atom stereocenters. The van der Waals surface area contributed by atoms with Crippen molar-refractivity contribution in [2.75, 3.05) is 6.54 Å². The van der Waals surface area contributed by atoms with E-state index in [9.17, 15) is 5.11 Å². The third-order valence-electron chi connectivity index (χ3n) is 3.55. The van der Waals surface area contributed by atoms with Gasteiger partial charge in [-0.2, -0.15) is 0 Å². The summed E-state index contributed by atoms with van der Waals surface area (Å²) >= 11 is 0. The van der Waals surface area contributed by atoms with Crippen molar-refractivity contribution in [1.29, 1.82) is 0 Å². The van der Waals surface area contributed by atoms with Gasteiger partial charge < -0.3 is 10.4 Å². The van der Waals surface area contributed by atoms with Gasteiger partial charge in [0.15, 0.2) is 0 Å². The predicted molar refractivity (Wildman–Crippen MR) is 82.4 cm³/mol. The van der Waals surface area contributed by atoms with Crippen LogP contribution in [0.25, 0.3) is 0 Å². The van der Waals surface area contributed by atoms with Crippen molar-refractivity contribution in [3.8, 4) is 0 Å². The van der Waals surface area contributed by atoms with Crippen LogP contribution in [0.1, 0.15) is 63.6 Å². The van der Waals surface area contributed by atoms with Gasteiger partial charge in [-0.1, -0.05) is 37.6 Å². The number of aliphatic hydroxyl groups is 1. The van der Waals surface area contributed by atoms with Gasteiger partial charge in [-0.05, 0) is 57.2 Å². The second-order valence-corrected chi connectivity index (χ2v) is 5.51. The second kappa shape index (κ2) is 9.11. The summed E-state index contributed by atoms with van der Waals surface area (Å²) in [5, 5.41) is 12.7. The lowest BCUT2D eigenvalue weighted by Gasteiger charge is -2.15. The average molecular weight is 263 g/mol. The van der Waals surface area contributed by atoms with Crippen molar-refractivity contribution < 1.29 is 5.11 Å². The van der Waals surface area contributed by atoms with Gasteiger partial charge >= 0.3 is 0 Å². The highest BCUT2D eigenvalue weighted by Gasteiger charge is 2.04. The molecule has 2 heteroatoms. The van der Waals surface area contributed by atoms with E-state index in [0.29, 0.717) is 6.04 Å². The Balaban J connectivity index is 2.33. The Kier molecular flexibility index (Phi) is 7.76. The maximum atomic E-state index is 9.21. The lowest BCUT2D eigenvalue weighted by molar-refractivity contribution is 0.181. The van der Waals surface area contributed by atoms with Crippen LogP contribution in [-0.4, -0.2) is 17.8 Å². The number of hydrogen-bond acceptors (Lipinski definition) is 2. The summed E-state index contributed by atoms with van der Waals surface area (Å²) in [6.07, 6.45) is 5.42. The van der Waals surface area contributed by atoms with Crippen LogP contribution < -0.4 is 5.32 Å². The van der Waals surface area contributed by atoms with Crippen molar-refractivity contribution in [3.63, 3.8) is 0 Å². The number of nitrogens with one attached hydrogen (secondary N) is 1. The monoisotopic (exact) mass is 263 g/mol. The third-order valence-corrected chi connectivity index (χ3v) is 3.55.